The maximum absolute atomic E-state index is 12.8. The summed E-state index contributed by atoms with van der Waals surface area (Å²) in [5.74, 6) is -0.0268. The third-order valence-corrected chi connectivity index (χ3v) is 5.55. The molecule has 1 aliphatic rings. The molecule has 1 aliphatic carbocycles. The number of aromatic amines is 1. The van der Waals surface area contributed by atoms with Crippen LogP contribution in [0.5, 0.6) is 0 Å². The van der Waals surface area contributed by atoms with Gasteiger partial charge in [-0.15, -0.1) is 0 Å². The van der Waals surface area contributed by atoms with Gasteiger partial charge in [-0.2, -0.15) is 0 Å². The van der Waals surface area contributed by atoms with Crippen LogP contribution in [0.4, 0.5) is 5.69 Å². The SMILES string of the molecule is CC(C)Cn1ccc2cc(NC(=O)c3cc4c([nH]c3=O)CC(C)(C)CC4=O)ccc21. The molecule has 3 aromatic rings. The van der Waals surface area contributed by atoms with Crippen molar-refractivity contribution in [1.82, 2.24) is 9.55 Å². The molecule has 0 radical (unpaired) electrons. The number of nitrogens with one attached hydrogen (secondary N) is 2. The lowest BCUT2D eigenvalue weighted by Gasteiger charge is -2.29. The summed E-state index contributed by atoms with van der Waals surface area (Å²) in [6.07, 6.45) is 3.05. The number of pyridine rings is 1. The van der Waals surface area contributed by atoms with Crippen molar-refractivity contribution < 1.29 is 9.59 Å². The standard InChI is InChI=1S/C24H27N3O3/c1-14(2)13-27-8-7-15-9-16(5-6-20(15)27)25-22(29)18-10-17-19(26-23(18)30)11-24(3,4)12-21(17)28/h5-10,14H,11-13H2,1-4H3,(H,25,29)(H,26,30). The van der Waals surface area contributed by atoms with E-state index in [1.165, 1.54) is 6.07 Å². The number of rotatable bonds is 4. The maximum atomic E-state index is 12.8. The number of aromatic nitrogens is 2. The minimum Gasteiger partial charge on any atom is -0.347 e. The van der Waals surface area contributed by atoms with Gasteiger partial charge in [0.2, 0.25) is 0 Å². The molecule has 0 fully saturated rings. The zero-order valence-corrected chi connectivity index (χ0v) is 17.8. The van der Waals surface area contributed by atoms with Gasteiger partial charge in [0.25, 0.3) is 11.5 Å². The predicted molar refractivity (Wildman–Crippen MR) is 118 cm³/mol. The number of nitrogens with zero attached hydrogens (tertiary/aromatic N) is 1. The van der Waals surface area contributed by atoms with Gasteiger partial charge in [-0.3, -0.25) is 14.4 Å². The Hall–Kier alpha value is -3.15. The van der Waals surface area contributed by atoms with Crippen molar-refractivity contribution >= 4 is 28.3 Å². The van der Waals surface area contributed by atoms with E-state index >= 15 is 0 Å². The molecule has 0 saturated carbocycles. The maximum Gasteiger partial charge on any atom is 0.261 e. The van der Waals surface area contributed by atoms with Gasteiger partial charge >= 0.3 is 0 Å². The number of ketones is 1. The van der Waals surface area contributed by atoms with E-state index in [1.54, 1.807) is 0 Å². The molecule has 0 aliphatic heterocycles. The van der Waals surface area contributed by atoms with Crippen molar-refractivity contribution in [1.29, 1.82) is 0 Å². The van der Waals surface area contributed by atoms with Crippen LogP contribution in [0.1, 0.15) is 60.5 Å². The van der Waals surface area contributed by atoms with E-state index in [0.29, 0.717) is 35.7 Å². The zero-order chi connectivity index (χ0) is 21.6. The van der Waals surface area contributed by atoms with E-state index in [4.69, 9.17) is 0 Å². The van der Waals surface area contributed by atoms with Crippen LogP contribution in [0, 0.1) is 11.3 Å². The number of amides is 1. The molecule has 1 aromatic carbocycles. The number of hydrogen-bond donors (Lipinski definition) is 2. The number of Topliss-reactive ketones (excluding diaryl/α,β-unsaturated/α-hetero) is 1. The normalized spacial score (nSPS) is 15.4. The van der Waals surface area contributed by atoms with Crippen molar-refractivity contribution in [2.24, 2.45) is 11.3 Å². The quantitative estimate of drug-likeness (QED) is 0.675. The number of fused-ring (bicyclic) bond motifs is 2. The molecular weight excluding hydrogens is 378 g/mol. The van der Waals surface area contributed by atoms with Gasteiger partial charge in [0.05, 0.1) is 0 Å². The number of hydrogen-bond acceptors (Lipinski definition) is 3. The molecule has 30 heavy (non-hydrogen) atoms. The lowest BCUT2D eigenvalue weighted by molar-refractivity contribution is 0.0910. The molecule has 0 bridgehead atoms. The van der Waals surface area contributed by atoms with Crippen molar-refractivity contribution in [3.63, 3.8) is 0 Å². The highest BCUT2D eigenvalue weighted by molar-refractivity contribution is 6.07. The molecular formula is C24H27N3O3. The molecule has 6 heteroatoms. The lowest BCUT2D eigenvalue weighted by Crippen LogP contribution is -2.32. The molecule has 2 N–H and O–H groups in total. The van der Waals surface area contributed by atoms with Gasteiger partial charge in [0.15, 0.2) is 5.78 Å². The number of benzene rings is 1. The van der Waals surface area contributed by atoms with E-state index in [2.05, 4.69) is 28.7 Å². The van der Waals surface area contributed by atoms with Crippen LogP contribution in [0.2, 0.25) is 0 Å². The third-order valence-electron chi connectivity index (χ3n) is 5.55. The van der Waals surface area contributed by atoms with Crippen LogP contribution >= 0.6 is 0 Å². The monoisotopic (exact) mass is 405 g/mol. The van der Waals surface area contributed by atoms with Crippen molar-refractivity contribution in [2.75, 3.05) is 5.32 Å². The molecule has 0 unspecified atom stereocenters. The average Bonchev–Trinajstić information content (AvgIpc) is 3.01. The Bertz CT molecular complexity index is 1210. The highest BCUT2D eigenvalue weighted by atomic mass is 16.2. The summed E-state index contributed by atoms with van der Waals surface area (Å²) in [7, 11) is 0. The molecule has 0 saturated heterocycles. The Morgan fingerprint density at radius 2 is 1.93 bits per heavy atom. The Kier molecular flexibility index (Phi) is 4.88. The van der Waals surface area contributed by atoms with Gasteiger partial charge in [0, 0.05) is 47.0 Å². The molecule has 0 spiro atoms. The van der Waals surface area contributed by atoms with Crippen LogP contribution < -0.4 is 10.9 Å². The first kappa shape index (κ1) is 20.1. The summed E-state index contributed by atoms with van der Waals surface area (Å²) >= 11 is 0. The number of anilines is 1. The molecule has 1 amide bonds. The summed E-state index contributed by atoms with van der Waals surface area (Å²) in [5, 5.41) is 3.82. The number of carbonyl (C=O) groups excluding carboxylic acids is 2. The third kappa shape index (κ3) is 3.82. The van der Waals surface area contributed by atoms with Crippen LogP contribution in [0.25, 0.3) is 10.9 Å². The van der Waals surface area contributed by atoms with Crippen LogP contribution in [-0.2, 0) is 13.0 Å². The van der Waals surface area contributed by atoms with E-state index in [0.717, 1.165) is 17.4 Å². The first-order valence-corrected chi connectivity index (χ1v) is 10.3. The Balaban J connectivity index is 1.61. The van der Waals surface area contributed by atoms with Gasteiger partial charge in [-0.1, -0.05) is 27.7 Å². The molecule has 2 aromatic heterocycles. The molecule has 2 heterocycles. The summed E-state index contributed by atoms with van der Waals surface area (Å²) in [6.45, 7) is 9.25. The minimum absolute atomic E-state index is 0.0422. The van der Waals surface area contributed by atoms with Gasteiger partial charge in [0.1, 0.15) is 5.56 Å². The first-order chi connectivity index (χ1) is 14.1. The highest BCUT2D eigenvalue weighted by Gasteiger charge is 2.32. The smallest absolute Gasteiger partial charge is 0.261 e. The van der Waals surface area contributed by atoms with Gasteiger partial charge in [-0.25, -0.2) is 0 Å². The van der Waals surface area contributed by atoms with E-state index < -0.39 is 11.5 Å². The van der Waals surface area contributed by atoms with Crippen molar-refractivity contribution in [3.05, 3.63) is 63.7 Å². The Morgan fingerprint density at radius 1 is 1.17 bits per heavy atom. The second-order valence-corrected chi connectivity index (χ2v) is 9.43. The number of H-pyrrole nitrogens is 1. The lowest BCUT2D eigenvalue weighted by atomic mass is 9.75. The Morgan fingerprint density at radius 3 is 2.67 bits per heavy atom. The highest BCUT2D eigenvalue weighted by Crippen LogP contribution is 2.33. The molecule has 6 nitrogen and oxygen atoms in total. The minimum atomic E-state index is -0.516. The summed E-state index contributed by atoms with van der Waals surface area (Å²) < 4.78 is 2.19. The average molecular weight is 405 g/mol. The van der Waals surface area contributed by atoms with Crippen molar-refractivity contribution in [2.45, 2.75) is 47.1 Å². The fourth-order valence-corrected chi connectivity index (χ4v) is 4.23. The molecule has 156 valence electrons. The fraction of sp³-hybridized carbons (Fsp3) is 0.375. The summed E-state index contributed by atoms with van der Waals surface area (Å²) in [4.78, 5) is 40.6. The van der Waals surface area contributed by atoms with E-state index in [-0.39, 0.29) is 16.8 Å². The van der Waals surface area contributed by atoms with Crippen LogP contribution in [0.15, 0.2) is 41.3 Å². The topological polar surface area (TPSA) is 84.0 Å². The molecule has 4 rings (SSSR count). The van der Waals surface area contributed by atoms with Gasteiger partial charge < -0.3 is 14.9 Å². The van der Waals surface area contributed by atoms with Crippen LogP contribution in [-0.4, -0.2) is 21.2 Å². The van der Waals surface area contributed by atoms with E-state index in [9.17, 15) is 14.4 Å². The number of carbonyl (C=O) groups is 2. The first-order valence-electron chi connectivity index (χ1n) is 10.3. The largest absolute Gasteiger partial charge is 0.347 e. The second kappa shape index (κ2) is 7.27. The Labute approximate surface area is 175 Å². The summed E-state index contributed by atoms with van der Waals surface area (Å²) in [5.41, 5.74) is 2.06. The fourth-order valence-electron chi connectivity index (χ4n) is 4.23. The predicted octanol–water partition coefficient (Wildman–Crippen LogP) is 4.39. The van der Waals surface area contributed by atoms with E-state index in [1.807, 2.05) is 44.3 Å². The van der Waals surface area contributed by atoms with Crippen LogP contribution in [0.3, 0.4) is 0 Å². The van der Waals surface area contributed by atoms with Gasteiger partial charge in [-0.05, 0) is 48.1 Å². The zero-order valence-electron chi connectivity index (χ0n) is 17.8. The summed E-state index contributed by atoms with van der Waals surface area (Å²) in [6, 6.07) is 9.15. The second-order valence-electron chi connectivity index (χ2n) is 9.43. The molecule has 0 atom stereocenters. The van der Waals surface area contributed by atoms with Crippen molar-refractivity contribution in [3.8, 4) is 0 Å².